The van der Waals surface area contributed by atoms with E-state index < -0.39 is 0 Å². The average Bonchev–Trinajstić information content (AvgIpc) is 3.11. The van der Waals surface area contributed by atoms with E-state index in [4.69, 9.17) is 10.00 Å². The van der Waals surface area contributed by atoms with E-state index in [0.29, 0.717) is 17.8 Å². The molecule has 0 unspecified atom stereocenters. The fraction of sp³-hybridized carbons (Fsp3) is 0.150. The Bertz CT molecular complexity index is 998. The topological polar surface area (TPSA) is 79.9 Å². The first-order valence-corrected chi connectivity index (χ1v) is 8.21. The highest BCUT2D eigenvalue weighted by molar-refractivity contribution is 5.94. The van der Waals surface area contributed by atoms with E-state index in [0.717, 1.165) is 22.7 Å². The lowest BCUT2D eigenvalue weighted by Gasteiger charge is -2.23. The number of ether oxygens (including phenoxy) is 1. The van der Waals surface area contributed by atoms with E-state index in [1.807, 2.05) is 41.0 Å². The van der Waals surface area contributed by atoms with Crippen molar-refractivity contribution in [3.63, 3.8) is 0 Å². The summed E-state index contributed by atoms with van der Waals surface area (Å²) in [5, 5.41) is 11.9. The number of nitrogens with zero attached hydrogens (tertiary/aromatic N) is 3. The number of benzene rings is 2. The van der Waals surface area contributed by atoms with Gasteiger partial charge in [-0.1, -0.05) is 12.1 Å². The molecule has 2 aromatic carbocycles. The molecule has 0 saturated carbocycles. The second-order valence-electron chi connectivity index (χ2n) is 6.09. The van der Waals surface area contributed by atoms with Crippen molar-refractivity contribution in [3.8, 4) is 17.5 Å². The van der Waals surface area contributed by atoms with Crippen LogP contribution in [0.2, 0.25) is 0 Å². The zero-order valence-electron chi connectivity index (χ0n) is 14.1. The summed E-state index contributed by atoms with van der Waals surface area (Å²) in [4.78, 5) is 16.9. The number of amides is 1. The fourth-order valence-corrected chi connectivity index (χ4v) is 3.21. The monoisotopic (exact) mass is 344 g/mol. The number of nitriles is 1. The van der Waals surface area contributed by atoms with Gasteiger partial charge in [-0.15, -0.1) is 0 Å². The van der Waals surface area contributed by atoms with Gasteiger partial charge in [-0.05, 0) is 42.0 Å². The van der Waals surface area contributed by atoms with Crippen molar-refractivity contribution in [1.29, 1.82) is 5.26 Å². The number of carbonyl (C=O) groups is 1. The molecule has 1 aromatic heterocycles. The number of hydrogen-bond donors (Lipinski definition) is 1. The predicted molar refractivity (Wildman–Crippen MR) is 96.4 cm³/mol. The molecule has 0 aliphatic carbocycles. The molecule has 4 rings (SSSR count). The standard InChI is InChI=1S/C20H16N4O2/c1-26-16-8-6-15(7-9-16)24-12-22-19-17(10-18(25)23-20(19)24)14-4-2-13(11-21)3-5-14/h2-9,12,17H,10H2,1H3,(H,23,25)/t17-/m0/s1. The van der Waals surface area contributed by atoms with Gasteiger partial charge < -0.3 is 10.1 Å². The van der Waals surface area contributed by atoms with Crippen LogP contribution in [0.4, 0.5) is 5.82 Å². The Morgan fingerprint density at radius 1 is 1.19 bits per heavy atom. The molecular formula is C20H16N4O2. The summed E-state index contributed by atoms with van der Waals surface area (Å²) < 4.78 is 7.06. The molecule has 0 bridgehead atoms. The number of rotatable bonds is 3. The number of aromatic nitrogens is 2. The van der Waals surface area contributed by atoms with Gasteiger partial charge in [0, 0.05) is 18.0 Å². The molecular weight excluding hydrogens is 328 g/mol. The summed E-state index contributed by atoms with van der Waals surface area (Å²) in [5.74, 6) is 1.26. The van der Waals surface area contributed by atoms with Gasteiger partial charge in [0.15, 0.2) is 0 Å². The number of hydrogen-bond acceptors (Lipinski definition) is 4. The van der Waals surface area contributed by atoms with Crippen LogP contribution < -0.4 is 10.1 Å². The van der Waals surface area contributed by atoms with Gasteiger partial charge in [0.2, 0.25) is 5.91 Å². The van der Waals surface area contributed by atoms with Crippen molar-refractivity contribution in [2.75, 3.05) is 12.4 Å². The third kappa shape index (κ3) is 2.70. The van der Waals surface area contributed by atoms with Gasteiger partial charge in [0.25, 0.3) is 0 Å². The van der Waals surface area contributed by atoms with Crippen LogP contribution in [0.3, 0.4) is 0 Å². The van der Waals surface area contributed by atoms with E-state index in [-0.39, 0.29) is 11.8 Å². The quantitative estimate of drug-likeness (QED) is 0.791. The highest BCUT2D eigenvalue weighted by Gasteiger charge is 2.30. The Hall–Kier alpha value is -3.59. The summed E-state index contributed by atoms with van der Waals surface area (Å²) in [6, 6.07) is 17.0. The summed E-state index contributed by atoms with van der Waals surface area (Å²) in [7, 11) is 1.62. The molecule has 6 heteroatoms. The van der Waals surface area contributed by atoms with Crippen LogP contribution in [0.25, 0.3) is 5.69 Å². The second-order valence-corrected chi connectivity index (χ2v) is 6.09. The Morgan fingerprint density at radius 2 is 1.92 bits per heavy atom. The van der Waals surface area contributed by atoms with E-state index >= 15 is 0 Å². The zero-order valence-corrected chi connectivity index (χ0v) is 14.1. The predicted octanol–water partition coefficient (Wildman–Crippen LogP) is 3.23. The Kier molecular flexibility index (Phi) is 3.90. The summed E-state index contributed by atoms with van der Waals surface area (Å²) >= 11 is 0. The molecule has 0 fully saturated rings. The maximum absolute atomic E-state index is 12.3. The molecule has 1 amide bonds. The minimum Gasteiger partial charge on any atom is -0.497 e. The minimum atomic E-state index is -0.133. The van der Waals surface area contributed by atoms with Crippen molar-refractivity contribution in [3.05, 3.63) is 71.7 Å². The van der Waals surface area contributed by atoms with Crippen LogP contribution in [0.15, 0.2) is 54.9 Å². The molecule has 26 heavy (non-hydrogen) atoms. The Balaban J connectivity index is 1.75. The summed E-state index contributed by atoms with van der Waals surface area (Å²) in [6.45, 7) is 0. The molecule has 1 atom stereocenters. The smallest absolute Gasteiger partial charge is 0.226 e. The zero-order chi connectivity index (χ0) is 18.1. The number of anilines is 1. The molecule has 1 N–H and O–H groups in total. The first kappa shape index (κ1) is 15.9. The number of carbonyl (C=O) groups excluding carboxylic acids is 1. The highest BCUT2D eigenvalue weighted by atomic mass is 16.5. The van der Waals surface area contributed by atoms with Crippen LogP contribution in [-0.4, -0.2) is 22.6 Å². The van der Waals surface area contributed by atoms with Gasteiger partial charge in [0.1, 0.15) is 17.9 Å². The first-order valence-electron chi connectivity index (χ1n) is 8.21. The van der Waals surface area contributed by atoms with Crippen LogP contribution in [-0.2, 0) is 4.79 Å². The first-order chi connectivity index (χ1) is 12.7. The van der Waals surface area contributed by atoms with Gasteiger partial charge >= 0.3 is 0 Å². The van der Waals surface area contributed by atoms with Crippen molar-refractivity contribution in [1.82, 2.24) is 9.55 Å². The van der Waals surface area contributed by atoms with Crippen molar-refractivity contribution >= 4 is 11.7 Å². The van der Waals surface area contributed by atoms with Gasteiger partial charge in [-0.25, -0.2) is 4.98 Å². The number of methoxy groups -OCH3 is 1. The van der Waals surface area contributed by atoms with E-state index in [1.165, 1.54) is 0 Å². The largest absolute Gasteiger partial charge is 0.497 e. The number of fused-ring (bicyclic) bond motifs is 1. The molecule has 1 aliphatic rings. The van der Waals surface area contributed by atoms with E-state index in [2.05, 4.69) is 16.4 Å². The van der Waals surface area contributed by atoms with E-state index in [1.54, 1.807) is 25.6 Å². The lowest BCUT2D eigenvalue weighted by Crippen LogP contribution is -2.24. The second kappa shape index (κ2) is 6.37. The normalized spacial score (nSPS) is 15.7. The third-order valence-corrected chi connectivity index (χ3v) is 4.57. The molecule has 1 aliphatic heterocycles. The van der Waals surface area contributed by atoms with Gasteiger partial charge in [0.05, 0.1) is 24.4 Å². The Morgan fingerprint density at radius 3 is 2.58 bits per heavy atom. The molecule has 2 heterocycles. The van der Waals surface area contributed by atoms with Crippen molar-refractivity contribution < 1.29 is 9.53 Å². The van der Waals surface area contributed by atoms with Gasteiger partial charge in [-0.2, -0.15) is 5.26 Å². The number of imidazole rings is 1. The lowest BCUT2D eigenvalue weighted by atomic mass is 9.89. The summed E-state index contributed by atoms with van der Waals surface area (Å²) in [5.41, 5.74) is 3.28. The fourth-order valence-electron chi connectivity index (χ4n) is 3.21. The highest BCUT2D eigenvalue weighted by Crippen LogP contribution is 2.37. The molecule has 0 saturated heterocycles. The molecule has 0 spiro atoms. The van der Waals surface area contributed by atoms with Crippen LogP contribution >= 0.6 is 0 Å². The molecule has 6 nitrogen and oxygen atoms in total. The minimum absolute atomic E-state index is 0.0536. The molecule has 128 valence electrons. The third-order valence-electron chi connectivity index (χ3n) is 4.57. The van der Waals surface area contributed by atoms with E-state index in [9.17, 15) is 4.79 Å². The Labute approximate surface area is 150 Å². The van der Waals surface area contributed by atoms with Gasteiger partial charge in [-0.3, -0.25) is 9.36 Å². The maximum Gasteiger partial charge on any atom is 0.226 e. The molecule has 0 radical (unpaired) electrons. The number of nitrogens with one attached hydrogen (secondary N) is 1. The molecule has 3 aromatic rings. The summed E-state index contributed by atoms with van der Waals surface area (Å²) in [6.07, 6.45) is 2.05. The van der Waals surface area contributed by atoms with Crippen molar-refractivity contribution in [2.24, 2.45) is 0 Å². The lowest BCUT2D eigenvalue weighted by molar-refractivity contribution is -0.116. The average molecular weight is 344 g/mol. The maximum atomic E-state index is 12.3. The van der Waals surface area contributed by atoms with Crippen LogP contribution in [0.1, 0.15) is 29.2 Å². The van der Waals surface area contributed by atoms with Crippen molar-refractivity contribution in [2.45, 2.75) is 12.3 Å². The van der Waals surface area contributed by atoms with Crippen LogP contribution in [0.5, 0.6) is 5.75 Å². The van der Waals surface area contributed by atoms with Crippen LogP contribution in [0, 0.1) is 11.3 Å². The SMILES string of the molecule is COc1ccc(-n2cnc3c2NC(=O)C[C@H]3c2ccc(C#N)cc2)cc1.